The van der Waals surface area contributed by atoms with Crippen molar-refractivity contribution >= 4 is 12.7 Å². The maximum Gasteiger partial charge on any atom is 0.514 e. The second kappa shape index (κ2) is 4.32. The molecule has 0 aliphatic carbocycles. The Kier molecular flexibility index (Phi) is 3.24. The lowest BCUT2D eigenvalue weighted by Gasteiger charge is -2.32. The molecule has 1 saturated heterocycles. The number of hydrogen-bond donors (Lipinski definition) is 0. The predicted molar refractivity (Wildman–Crippen MR) is 71.8 cm³/mol. The van der Waals surface area contributed by atoms with Crippen molar-refractivity contribution in [1.29, 1.82) is 0 Å². The van der Waals surface area contributed by atoms with Gasteiger partial charge in [-0.3, -0.25) is 0 Å². The Morgan fingerprint density at radius 1 is 1.06 bits per heavy atom. The van der Waals surface area contributed by atoms with Crippen molar-refractivity contribution in [1.82, 2.24) is 9.97 Å². The molecule has 1 aliphatic heterocycles. The van der Waals surface area contributed by atoms with Crippen LogP contribution in [0.5, 0.6) is 0 Å². The van der Waals surface area contributed by atoms with E-state index in [9.17, 15) is 0 Å². The molecule has 98 valence electrons. The smallest absolute Gasteiger partial charge is 0.398 e. The molecule has 1 aromatic rings. The highest BCUT2D eigenvalue weighted by Gasteiger charge is 2.52. The number of nitrogens with zero attached hydrogens (tertiary/aromatic N) is 2. The molecule has 1 aromatic heterocycles. The molecule has 0 atom stereocenters. The highest BCUT2D eigenvalue weighted by molar-refractivity contribution is 6.61. The van der Waals surface area contributed by atoms with E-state index in [-0.39, 0.29) is 11.2 Å². The van der Waals surface area contributed by atoms with Gasteiger partial charge in [0, 0.05) is 5.69 Å². The summed E-state index contributed by atoms with van der Waals surface area (Å²) in [5, 5.41) is 0. The van der Waals surface area contributed by atoms with Crippen molar-refractivity contribution in [3.63, 3.8) is 0 Å². The molecule has 0 N–H and O–H groups in total. The van der Waals surface area contributed by atoms with Crippen LogP contribution in [0.4, 0.5) is 0 Å². The van der Waals surface area contributed by atoms with Crippen LogP contribution in [0.2, 0.25) is 0 Å². The Morgan fingerprint density at radius 2 is 1.61 bits per heavy atom. The Balaban J connectivity index is 2.27. The van der Waals surface area contributed by atoms with Gasteiger partial charge in [-0.25, -0.2) is 9.97 Å². The van der Waals surface area contributed by atoms with Crippen LogP contribution in [0.25, 0.3) is 0 Å². The van der Waals surface area contributed by atoms with E-state index in [4.69, 9.17) is 9.31 Å². The molecule has 18 heavy (non-hydrogen) atoms. The molecule has 0 aromatic carbocycles. The Bertz CT molecular complexity index is 430. The van der Waals surface area contributed by atoms with E-state index in [1.807, 2.05) is 33.8 Å². The van der Waals surface area contributed by atoms with Crippen molar-refractivity contribution in [2.75, 3.05) is 0 Å². The van der Waals surface area contributed by atoms with Gasteiger partial charge in [-0.1, -0.05) is 13.8 Å². The van der Waals surface area contributed by atoms with Gasteiger partial charge < -0.3 is 9.31 Å². The third-order valence-electron chi connectivity index (χ3n) is 3.80. The zero-order chi connectivity index (χ0) is 13.6. The number of hydrogen-bond acceptors (Lipinski definition) is 4. The number of rotatable bonds is 2. The first-order chi connectivity index (χ1) is 8.23. The molecule has 0 saturated carbocycles. The van der Waals surface area contributed by atoms with E-state index in [0.717, 1.165) is 11.3 Å². The van der Waals surface area contributed by atoms with Crippen LogP contribution in [-0.2, 0) is 9.31 Å². The van der Waals surface area contributed by atoms with E-state index in [2.05, 4.69) is 23.8 Å². The van der Waals surface area contributed by atoms with Gasteiger partial charge in [0.15, 0.2) is 0 Å². The summed E-state index contributed by atoms with van der Waals surface area (Å²) in [6.07, 6.45) is 1.58. The fourth-order valence-corrected chi connectivity index (χ4v) is 1.80. The van der Waals surface area contributed by atoms with Gasteiger partial charge >= 0.3 is 7.12 Å². The lowest BCUT2D eigenvalue weighted by Crippen LogP contribution is -2.41. The van der Waals surface area contributed by atoms with Crippen LogP contribution in [0, 0.1) is 0 Å². The summed E-state index contributed by atoms with van der Waals surface area (Å²) in [4.78, 5) is 8.53. The average molecular weight is 248 g/mol. The van der Waals surface area contributed by atoms with Crippen molar-refractivity contribution in [2.24, 2.45) is 0 Å². The first-order valence-corrected chi connectivity index (χ1v) is 6.40. The normalized spacial score (nSPS) is 21.6. The van der Waals surface area contributed by atoms with Crippen LogP contribution >= 0.6 is 0 Å². The highest BCUT2D eigenvalue weighted by Crippen LogP contribution is 2.36. The topological polar surface area (TPSA) is 44.2 Å². The molecule has 0 unspecified atom stereocenters. The largest absolute Gasteiger partial charge is 0.514 e. The summed E-state index contributed by atoms with van der Waals surface area (Å²) in [5.41, 5.74) is 1.14. The molecule has 1 aliphatic rings. The summed E-state index contributed by atoms with van der Waals surface area (Å²) in [5.74, 6) is 0.370. The zero-order valence-electron chi connectivity index (χ0n) is 12.0. The van der Waals surface area contributed by atoms with Crippen molar-refractivity contribution < 1.29 is 9.31 Å². The minimum Gasteiger partial charge on any atom is -0.398 e. The SMILES string of the molecule is CC(C)c1cc(B2OC(C)(C)C(C)(C)O2)ncn1. The van der Waals surface area contributed by atoms with Crippen LogP contribution in [0.15, 0.2) is 12.4 Å². The summed E-state index contributed by atoms with van der Waals surface area (Å²) >= 11 is 0. The molecule has 0 bridgehead atoms. The fourth-order valence-electron chi connectivity index (χ4n) is 1.80. The standard InChI is InChI=1S/C13H21BN2O2/c1-9(2)10-7-11(16-8-15-10)14-17-12(3,4)13(5,6)18-14/h7-9H,1-6H3. The van der Waals surface area contributed by atoms with E-state index >= 15 is 0 Å². The summed E-state index contributed by atoms with van der Waals surface area (Å²) < 4.78 is 11.9. The fraction of sp³-hybridized carbons (Fsp3) is 0.692. The Morgan fingerprint density at radius 3 is 2.11 bits per heavy atom. The molecular weight excluding hydrogens is 227 g/mol. The second-order valence-electron chi connectivity index (χ2n) is 6.11. The molecule has 2 rings (SSSR count). The maximum atomic E-state index is 5.97. The summed E-state index contributed by atoms with van der Waals surface area (Å²) in [6.45, 7) is 12.4. The van der Waals surface area contributed by atoms with E-state index in [0.29, 0.717) is 5.92 Å². The molecule has 0 spiro atoms. The third kappa shape index (κ3) is 2.29. The highest BCUT2D eigenvalue weighted by atomic mass is 16.7. The number of aromatic nitrogens is 2. The monoisotopic (exact) mass is 248 g/mol. The van der Waals surface area contributed by atoms with E-state index in [1.165, 1.54) is 0 Å². The molecular formula is C13H21BN2O2. The molecule has 0 radical (unpaired) electrons. The summed E-state index contributed by atoms with van der Waals surface area (Å²) in [7, 11) is -0.407. The lowest BCUT2D eigenvalue weighted by atomic mass is 9.83. The van der Waals surface area contributed by atoms with Gasteiger partial charge in [0.05, 0.1) is 16.8 Å². The Hall–Kier alpha value is -0.935. The first kappa shape index (κ1) is 13.5. The predicted octanol–water partition coefficient (Wildman–Crippen LogP) is 1.90. The van der Waals surface area contributed by atoms with Gasteiger partial charge in [0.2, 0.25) is 0 Å². The van der Waals surface area contributed by atoms with E-state index in [1.54, 1.807) is 6.33 Å². The molecule has 4 nitrogen and oxygen atoms in total. The second-order valence-corrected chi connectivity index (χ2v) is 6.11. The van der Waals surface area contributed by atoms with Crippen LogP contribution < -0.4 is 5.59 Å². The van der Waals surface area contributed by atoms with Gasteiger partial charge in [-0.05, 0) is 39.7 Å². The van der Waals surface area contributed by atoms with E-state index < -0.39 is 7.12 Å². The minimum absolute atomic E-state index is 0.333. The quantitative estimate of drug-likeness (QED) is 0.750. The molecule has 1 fully saturated rings. The maximum absolute atomic E-state index is 5.97. The summed E-state index contributed by atoms with van der Waals surface area (Å²) in [6, 6.07) is 1.97. The van der Waals surface area contributed by atoms with Gasteiger partial charge in [0.25, 0.3) is 0 Å². The van der Waals surface area contributed by atoms with Gasteiger partial charge in [0.1, 0.15) is 6.33 Å². The molecule has 2 heterocycles. The van der Waals surface area contributed by atoms with Crippen LogP contribution in [0.1, 0.15) is 53.2 Å². The zero-order valence-corrected chi connectivity index (χ0v) is 12.0. The molecule has 0 amide bonds. The Labute approximate surface area is 109 Å². The first-order valence-electron chi connectivity index (χ1n) is 6.40. The van der Waals surface area contributed by atoms with Crippen LogP contribution in [0.3, 0.4) is 0 Å². The van der Waals surface area contributed by atoms with Crippen molar-refractivity contribution in [3.05, 3.63) is 18.1 Å². The van der Waals surface area contributed by atoms with Crippen LogP contribution in [-0.4, -0.2) is 28.3 Å². The minimum atomic E-state index is -0.407. The van der Waals surface area contributed by atoms with Crippen molar-refractivity contribution in [3.8, 4) is 0 Å². The third-order valence-corrected chi connectivity index (χ3v) is 3.80. The van der Waals surface area contributed by atoms with Crippen molar-refractivity contribution in [2.45, 2.75) is 58.7 Å². The lowest BCUT2D eigenvalue weighted by molar-refractivity contribution is 0.00578. The average Bonchev–Trinajstić information content (AvgIpc) is 2.48. The van der Waals surface area contributed by atoms with Gasteiger partial charge in [-0.15, -0.1) is 0 Å². The van der Waals surface area contributed by atoms with Gasteiger partial charge in [-0.2, -0.15) is 0 Å². The molecule has 5 heteroatoms.